The van der Waals surface area contributed by atoms with Crippen LogP contribution in [0.1, 0.15) is 28.3 Å². The third kappa shape index (κ3) is 6.98. The lowest BCUT2D eigenvalue weighted by Gasteiger charge is -2.25. The van der Waals surface area contributed by atoms with Gasteiger partial charge in [-0.25, -0.2) is 4.98 Å². The largest absolute Gasteiger partial charge is 0.441 e. The lowest BCUT2D eigenvalue weighted by Crippen LogP contribution is -2.34. The quantitative estimate of drug-likeness (QED) is 0.388. The molecule has 0 N–H and O–H groups in total. The van der Waals surface area contributed by atoms with E-state index in [1.807, 2.05) is 30.3 Å². The Bertz CT molecular complexity index is 1100. The van der Waals surface area contributed by atoms with Crippen molar-refractivity contribution in [1.29, 1.82) is 5.26 Å². The van der Waals surface area contributed by atoms with Crippen LogP contribution in [0.4, 0.5) is 32.0 Å². The first-order valence-electron chi connectivity index (χ1n) is 9.53. The molecule has 3 rings (SSSR count). The van der Waals surface area contributed by atoms with Crippen LogP contribution in [0.3, 0.4) is 0 Å². The van der Waals surface area contributed by atoms with Gasteiger partial charge in [-0.15, -0.1) is 0 Å². The molecule has 1 heterocycles. The van der Waals surface area contributed by atoms with Gasteiger partial charge in [-0.2, -0.15) is 31.6 Å². The molecule has 0 unspecified atom stereocenters. The monoisotopic (exact) mass is 469 g/mol. The van der Waals surface area contributed by atoms with Crippen LogP contribution in [0.25, 0.3) is 0 Å². The molecule has 0 saturated heterocycles. The van der Waals surface area contributed by atoms with Crippen LogP contribution in [0.15, 0.2) is 59.1 Å². The minimum Gasteiger partial charge on any atom is -0.441 e. The Morgan fingerprint density at radius 3 is 2.36 bits per heavy atom. The number of anilines is 1. The zero-order chi connectivity index (χ0) is 24.1. The normalized spacial score (nSPS) is 11.9. The van der Waals surface area contributed by atoms with E-state index < -0.39 is 36.6 Å². The highest BCUT2D eigenvalue weighted by Gasteiger charge is 2.36. The van der Waals surface area contributed by atoms with E-state index in [0.29, 0.717) is 11.0 Å². The summed E-state index contributed by atoms with van der Waals surface area (Å²) in [5.74, 6) is 0.124. The number of aromatic nitrogens is 1. The van der Waals surface area contributed by atoms with Crippen LogP contribution >= 0.6 is 0 Å². The van der Waals surface area contributed by atoms with Crippen molar-refractivity contribution in [2.24, 2.45) is 0 Å². The number of halogens is 6. The van der Waals surface area contributed by atoms with Gasteiger partial charge in [0.1, 0.15) is 18.9 Å². The smallest absolute Gasteiger partial charge is 0.417 e. The second kappa shape index (κ2) is 9.95. The van der Waals surface area contributed by atoms with Crippen molar-refractivity contribution < 1.29 is 35.5 Å². The van der Waals surface area contributed by atoms with Crippen LogP contribution in [0.2, 0.25) is 0 Å². The molecule has 0 aliphatic carbocycles. The second-order valence-corrected chi connectivity index (χ2v) is 7.01. The SMILES string of the molecule is N#Cc1ccc(N(Cc2ncc(COCc3ccccc3)o2)CC(F)(F)F)cc1C(F)(F)F. The number of ether oxygens (including phenoxy) is 1. The highest BCUT2D eigenvalue weighted by molar-refractivity contribution is 5.55. The Balaban J connectivity index is 1.76. The molecule has 0 saturated carbocycles. The molecule has 0 amide bonds. The summed E-state index contributed by atoms with van der Waals surface area (Å²) in [6.07, 6.45) is -8.33. The average Bonchev–Trinajstić information content (AvgIpc) is 3.19. The molecule has 11 heteroatoms. The number of hydrogen-bond donors (Lipinski definition) is 0. The Morgan fingerprint density at radius 2 is 1.73 bits per heavy atom. The van der Waals surface area contributed by atoms with Crippen molar-refractivity contribution >= 4 is 5.69 Å². The van der Waals surface area contributed by atoms with Crippen molar-refractivity contribution in [1.82, 2.24) is 4.98 Å². The van der Waals surface area contributed by atoms with Gasteiger partial charge in [0.15, 0.2) is 0 Å². The van der Waals surface area contributed by atoms with E-state index in [1.54, 1.807) is 0 Å². The van der Waals surface area contributed by atoms with E-state index in [4.69, 9.17) is 14.4 Å². The highest BCUT2D eigenvalue weighted by atomic mass is 19.4. The molecule has 2 aromatic carbocycles. The molecule has 174 valence electrons. The Kier molecular flexibility index (Phi) is 7.28. The van der Waals surface area contributed by atoms with Crippen LogP contribution in [-0.4, -0.2) is 17.7 Å². The third-order valence-corrected chi connectivity index (χ3v) is 4.45. The summed E-state index contributed by atoms with van der Waals surface area (Å²) in [7, 11) is 0. The van der Waals surface area contributed by atoms with Gasteiger partial charge in [-0.3, -0.25) is 0 Å². The maximum absolute atomic E-state index is 13.3. The number of nitrogens with zero attached hydrogens (tertiary/aromatic N) is 3. The van der Waals surface area contributed by atoms with Crippen LogP contribution in [-0.2, 0) is 30.7 Å². The lowest BCUT2D eigenvalue weighted by molar-refractivity contribution is -0.137. The molecule has 1 aromatic heterocycles. The van der Waals surface area contributed by atoms with Gasteiger partial charge < -0.3 is 14.1 Å². The number of oxazole rings is 1. The van der Waals surface area contributed by atoms with E-state index in [1.165, 1.54) is 12.3 Å². The summed E-state index contributed by atoms with van der Waals surface area (Å²) in [5.41, 5.74) is -1.47. The molecule has 0 aliphatic heterocycles. The molecule has 0 fully saturated rings. The van der Waals surface area contributed by atoms with Gasteiger partial charge in [0.25, 0.3) is 0 Å². The minimum absolute atomic E-state index is 0.0102. The molecule has 5 nitrogen and oxygen atoms in total. The predicted octanol–water partition coefficient (Wildman–Crippen LogP) is 5.85. The van der Waals surface area contributed by atoms with Crippen LogP contribution in [0.5, 0.6) is 0 Å². The fraction of sp³-hybridized carbons (Fsp3) is 0.273. The zero-order valence-electron chi connectivity index (χ0n) is 17.0. The van der Waals surface area contributed by atoms with Crippen molar-refractivity contribution in [3.63, 3.8) is 0 Å². The van der Waals surface area contributed by atoms with E-state index in [2.05, 4.69) is 4.98 Å². The fourth-order valence-corrected chi connectivity index (χ4v) is 3.01. The van der Waals surface area contributed by atoms with Crippen molar-refractivity contribution in [2.75, 3.05) is 11.4 Å². The summed E-state index contributed by atoms with van der Waals surface area (Å²) in [4.78, 5) is 4.56. The van der Waals surface area contributed by atoms with Crippen LogP contribution < -0.4 is 4.90 Å². The van der Waals surface area contributed by atoms with Crippen LogP contribution in [0, 0.1) is 11.3 Å². The fourth-order valence-electron chi connectivity index (χ4n) is 3.01. The second-order valence-electron chi connectivity index (χ2n) is 7.01. The number of nitriles is 1. The first kappa shape index (κ1) is 24.1. The zero-order valence-corrected chi connectivity index (χ0v) is 17.0. The van der Waals surface area contributed by atoms with Crippen molar-refractivity contribution in [2.45, 2.75) is 32.1 Å². The highest BCUT2D eigenvalue weighted by Crippen LogP contribution is 2.35. The average molecular weight is 469 g/mol. The number of hydrogen-bond acceptors (Lipinski definition) is 5. The Labute approximate surface area is 184 Å². The standard InChI is InChI=1S/C22H17F6N3O2/c23-21(24,25)14-31(17-7-6-16(9-29)19(8-17)22(26,27)28)11-20-30-10-18(33-20)13-32-12-15-4-2-1-3-5-15/h1-8,10H,11-14H2. The Morgan fingerprint density at radius 1 is 1.00 bits per heavy atom. The summed E-state index contributed by atoms with van der Waals surface area (Å²) in [6, 6.07) is 13.0. The van der Waals surface area contributed by atoms with E-state index in [-0.39, 0.29) is 30.6 Å². The summed E-state index contributed by atoms with van der Waals surface area (Å²) in [6.45, 7) is -1.79. The molecular weight excluding hydrogens is 452 g/mol. The van der Waals surface area contributed by atoms with Gasteiger partial charge in [0.2, 0.25) is 5.89 Å². The predicted molar refractivity (Wildman–Crippen MR) is 105 cm³/mol. The van der Waals surface area contributed by atoms with Gasteiger partial charge in [0, 0.05) is 5.69 Å². The minimum atomic E-state index is -4.91. The van der Waals surface area contributed by atoms with Gasteiger partial charge >= 0.3 is 12.4 Å². The molecule has 0 radical (unpaired) electrons. The van der Waals surface area contributed by atoms with Crippen molar-refractivity contribution in [3.8, 4) is 6.07 Å². The molecule has 0 atom stereocenters. The third-order valence-electron chi connectivity index (χ3n) is 4.45. The first-order valence-corrected chi connectivity index (χ1v) is 9.53. The van der Waals surface area contributed by atoms with Gasteiger partial charge in [-0.1, -0.05) is 30.3 Å². The summed E-state index contributed by atoms with van der Waals surface area (Å²) in [5, 5.41) is 8.90. The van der Waals surface area contributed by atoms with E-state index in [0.717, 1.165) is 17.7 Å². The molecule has 33 heavy (non-hydrogen) atoms. The first-order chi connectivity index (χ1) is 15.5. The molecule has 0 spiro atoms. The van der Waals surface area contributed by atoms with Gasteiger partial charge in [0.05, 0.1) is 36.5 Å². The van der Waals surface area contributed by atoms with Crippen molar-refractivity contribution in [3.05, 3.63) is 83.1 Å². The maximum Gasteiger partial charge on any atom is 0.417 e. The van der Waals surface area contributed by atoms with E-state index >= 15 is 0 Å². The number of benzene rings is 2. The molecule has 3 aromatic rings. The lowest BCUT2D eigenvalue weighted by atomic mass is 10.1. The molecular formula is C22H17F6N3O2. The summed E-state index contributed by atoms with van der Waals surface area (Å²) >= 11 is 0. The molecule has 0 aliphatic rings. The molecule has 0 bridgehead atoms. The maximum atomic E-state index is 13.3. The number of alkyl halides is 6. The van der Waals surface area contributed by atoms with Gasteiger partial charge in [-0.05, 0) is 23.8 Å². The topological polar surface area (TPSA) is 62.3 Å². The summed E-state index contributed by atoms with van der Waals surface area (Å²) < 4.78 is 90.0. The Hall–Kier alpha value is -3.52. The van der Waals surface area contributed by atoms with E-state index in [9.17, 15) is 26.3 Å². The number of rotatable bonds is 8.